The van der Waals surface area contributed by atoms with Gasteiger partial charge in [0.15, 0.2) is 12.3 Å². The van der Waals surface area contributed by atoms with Gasteiger partial charge in [-0.1, -0.05) is 0 Å². The smallest absolute Gasteiger partial charge is 0.275 e. The van der Waals surface area contributed by atoms with E-state index in [9.17, 15) is 9.59 Å². The second kappa shape index (κ2) is 7.42. The van der Waals surface area contributed by atoms with E-state index in [1.807, 2.05) is 24.3 Å². The molecule has 1 saturated heterocycles. The Hall–Kier alpha value is -1.88. The highest BCUT2D eigenvalue weighted by Crippen LogP contribution is 2.55. The minimum Gasteiger partial charge on any atom is -0.360 e. The van der Waals surface area contributed by atoms with Crippen LogP contribution >= 0.6 is 0 Å². The fourth-order valence-corrected chi connectivity index (χ4v) is 7.00. The molecule has 1 aromatic rings. The van der Waals surface area contributed by atoms with Crippen molar-refractivity contribution in [2.45, 2.75) is 51.0 Å². The second-order valence-electron chi connectivity index (χ2n) is 10.3. The van der Waals surface area contributed by atoms with E-state index in [0.29, 0.717) is 6.54 Å². The van der Waals surface area contributed by atoms with Crippen molar-refractivity contribution >= 4 is 17.4 Å². The number of carbonyl (C=O) groups excluding carboxylic acids is 2. The van der Waals surface area contributed by atoms with Gasteiger partial charge in [-0.2, -0.15) is 0 Å². The van der Waals surface area contributed by atoms with Crippen LogP contribution in [0.2, 0.25) is 0 Å². The fourth-order valence-electron chi connectivity index (χ4n) is 7.00. The third-order valence-corrected chi connectivity index (χ3v) is 7.96. The maximum absolute atomic E-state index is 12.9. The third-order valence-electron chi connectivity index (χ3n) is 7.96. The highest BCUT2D eigenvalue weighted by Gasteiger charge is 2.51. The average molecular weight is 397 g/mol. The van der Waals surface area contributed by atoms with Crippen LogP contribution in [-0.4, -0.2) is 50.0 Å². The SMILES string of the molecule is CC(=O)c1ccc(N2CC[NH+](CC(=O)NC34CC5CC(CC(C5)C3)C4)CC2)cc1. The predicted molar refractivity (Wildman–Crippen MR) is 113 cm³/mol. The number of rotatable bonds is 5. The van der Waals surface area contributed by atoms with Gasteiger partial charge in [0.1, 0.15) is 0 Å². The molecule has 5 nitrogen and oxygen atoms in total. The molecule has 2 N–H and O–H groups in total. The van der Waals surface area contributed by atoms with Crippen LogP contribution in [0.1, 0.15) is 55.8 Å². The molecule has 0 spiro atoms. The molecular formula is C24H34N3O2+. The number of nitrogens with one attached hydrogen (secondary N) is 2. The molecule has 0 atom stereocenters. The van der Waals surface area contributed by atoms with E-state index in [1.54, 1.807) is 6.92 Å². The summed E-state index contributed by atoms with van der Waals surface area (Å²) < 4.78 is 0. The van der Waals surface area contributed by atoms with Gasteiger partial charge in [-0.15, -0.1) is 0 Å². The summed E-state index contributed by atoms with van der Waals surface area (Å²) in [6, 6.07) is 7.91. The number of hydrogen-bond acceptors (Lipinski definition) is 3. The van der Waals surface area contributed by atoms with Crippen molar-refractivity contribution in [1.82, 2.24) is 5.32 Å². The van der Waals surface area contributed by atoms with Crippen LogP contribution in [0.15, 0.2) is 24.3 Å². The molecule has 6 rings (SSSR count). The summed E-state index contributed by atoms with van der Waals surface area (Å²) >= 11 is 0. The maximum Gasteiger partial charge on any atom is 0.275 e. The van der Waals surface area contributed by atoms with Crippen LogP contribution in [0.25, 0.3) is 0 Å². The van der Waals surface area contributed by atoms with Crippen LogP contribution in [0.3, 0.4) is 0 Å². The number of quaternary nitrogens is 1. The maximum atomic E-state index is 12.9. The summed E-state index contributed by atoms with van der Waals surface area (Å²) in [5.74, 6) is 2.97. The molecule has 29 heavy (non-hydrogen) atoms. The zero-order valence-corrected chi connectivity index (χ0v) is 17.6. The van der Waals surface area contributed by atoms with Gasteiger partial charge in [0, 0.05) is 16.8 Å². The molecule has 156 valence electrons. The molecule has 5 fully saturated rings. The zero-order chi connectivity index (χ0) is 20.0. The molecule has 0 radical (unpaired) electrons. The zero-order valence-electron chi connectivity index (χ0n) is 17.6. The Morgan fingerprint density at radius 3 is 2.07 bits per heavy atom. The highest BCUT2D eigenvalue weighted by atomic mass is 16.2. The summed E-state index contributed by atoms with van der Waals surface area (Å²) in [4.78, 5) is 28.1. The number of carbonyl (C=O) groups is 2. The predicted octanol–water partition coefficient (Wildman–Crippen LogP) is 1.68. The molecule has 1 amide bonds. The van der Waals surface area contributed by atoms with Crippen molar-refractivity contribution < 1.29 is 14.5 Å². The van der Waals surface area contributed by atoms with E-state index in [2.05, 4.69) is 10.2 Å². The molecule has 4 bridgehead atoms. The Bertz CT molecular complexity index is 745. The summed E-state index contributed by atoms with van der Waals surface area (Å²) in [5, 5.41) is 3.53. The summed E-state index contributed by atoms with van der Waals surface area (Å²) in [5.41, 5.74) is 2.07. The molecule has 1 aliphatic heterocycles. The molecule has 5 heteroatoms. The van der Waals surface area contributed by atoms with Gasteiger partial charge in [0.25, 0.3) is 5.91 Å². The largest absolute Gasteiger partial charge is 0.360 e. The van der Waals surface area contributed by atoms with Crippen molar-refractivity contribution in [3.8, 4) is 0 Å². The molecule has 0 aromatic heterocycles. The Labute approximate surface area is 173 Å². The summed E-state index contributed by atoms with van der Waals surface area (Å²) in [6.07, 6.45) is 7.92. The van der Waals surface area contributed by atoms with E-state index >= 15 is 0 Å². The van der Waals surface area contributed by atoms with Crippen LogP contribution in [0, 0.1) is 17.8 Å². The van der Waals surface area contributed by atoms with Gasteiger partial charge in [0.05, 0.1) is 26.2 Å². The van der Waals surface area contributed by atoms with E-state index in [0.717, 1.165) is 49.5 Å². The van der Waals surface area contributed by atoms with Crippen LogP contribution in [0.5, 0.6) is 0 Å². The number of Topliss-reactive ketones (excluding diaryl/α,β-unsaturated/α-hetero) is 1. The minimum absolute atomic E-state index is 0.107. The second-order valence-corrected chi connectivity index (χ2v) is 10.3. The first kappa shape index (κ1) is 19.1. The first-order valence-corrected chi connectivity index (χ1v) is 11.5. The number of ketones is 1. The van der Waals surface area contributed by atoms with Gasteiger partial charge in [-0.25, -0.2) is 0 Å². The van der Waals surface area contributed by atoms with Crippen LogP contribution < -0.4 is 15.1 Å². The van der Waals surface area contributed by atoms with Crippen molar-refractivity contribution in [2.24, 2.45) is 17.8 Å². The lowest BCUT2D eigenvalue weighted by molar-refractivity contribution is -0.892. The first-order chi connectivity index (χ1) is 14.0. The lowest BCUT2D eigenvalue weighted by atomic mass is 9.53. The molecule has 4 saturated carbocycles. The number of amides is 1. The molecule has 0 unspecified atom stereocenters. The Morgan fingerprint density at radius 2 is 1.55 bits per heavy atom. The molecular weight excluding hydrogens is 362 g/mol. The summed E-state index contributed by atoms with van der Waals surface area (Å²) in [6.45, 7) is 6.11. The quantitative estimate of drug-likeness (QED) is 0.745. The monoisotopic (exact) mass is 396 g/mol. The van der Waals surface area contributed by atoms with Gasteiger partial charge >= 0.3 is 0 Å². The topological polar surface area (TPSA) is 53.9 Å². The minimum atomic E-state index is 0.107. The molecule has 5 aliphatic rings. The normalized spacial score (nSPS) is 33.7. The Balaban J connectivity index is 1.12. The van der Waals surface area contributed by atoms with Crippen LogP contribution in [0.4, 0.5) is 5.69 Å². The number of nitrogens with zero attached hydrogens (tertiary/aromatic N) is 1. The standard InChI is InChI=1S/C24H33N3O2/c1-17(28)21-2-4-22(5-3-21)27-8-6-26(7-9-27)16-23(29)25-24-13-18-10-19(14-24)12-20(11-18)15-24/h2-5,18-20H,6-16H2,1H3,(H,25,29)/p+1. The number of benzene rings is 1. The van der Waals surface area contributed by atoms with Crippen LogP contribution in [-0.2, 0) is 4.79 Å². The molecule has 1 heterocycles. The fraction of sp³-hybridized carbons (Fsp3) is 0.667. The number of piperazine rings is 1. The molecule has 4 aliphatic carbocycles. The number of anilines is 1. The van der Waals surface area contributed by atoms with Gasteiger partial charge in [-0.05, 0) is 87.5 Å². The van der Waals surface area contributed by atoms with Crippen molar-refractivity contribution in [3.05, 3.63) is 29.8 Å². The third kappa shape index (κ3) is 3.94. The van der Waals surface area contributed by atoms with Crippen molar-refractivity contribution in [2.75, 3.05) is 37.6 Å². The van der Waals surface area contributed by atoms with E-state index in [-0.39, 0.29) is 17.2 Å². The number of hydrogen-bond donors (Lipinski definition) is 2. The van der Waals surface area contributed by atoms with Gasteiger partial charge in [0.2, 0.25) is 0 Å². The lowest BCUT2D eigenvalue weighted by Crippen LogP contribution is -3.16. The van der Waals surface area contributed by atoms with E-state index in [4.69, 9.17) is 0 Å². The lowest BCUT2D eigenvalue weighted by Gasteiger charge is -2.56. The van der Waals surface area contributed by atoms with Gasteiger partial charge in [-0.3, -0.25) is 9.59 Å². The first-order valence-electron chi connectivity index (χ1n) is 11.5. The summed E-state index contributed by atoms with van der Waals surface area (Å²) in [7, 11) is 0. The van der Waals surface area contributed by atoms with Crippen molar-refractivity contribution in [3.63, 3.8) is 0 Å². The van der Waals surface area contributed by atoms with Crippen molar-refractivity contribution in [1.29, 1.82) is 0 Å². The Morgan fingerprint density at radius 1 is 1.00 bits per heavy atom. The average Bonchev–Trinajstić information content (AvgIpc) is 2.67. The van der Waals surface area contributed by atoms with Gasteiger partial charge < -0.3 is 15.1 Å². The Kier molecular flexibility index (Phi) is 4.89. The highest BCUT2D eigenvalue weighted by molar-refractivity contribution is 5.94. The van der Waals surface area contributed by atoms with E-state index < -0.39 is 0 Å². The molecule has 1 aromatic carbocycles. The van der Waals surface area contributed by atoms with E-state index in [1.165, 1.54) is 49.1 Å².